The van der Waals surface area contributed by atoms with E-state index in [1.165, 1.54) is 16.9 Å². The normalized spacial score (nSPS) is 21.3. The molecule has 0 bridgehead atoms. The number of rotatable bonds is 7. The van der Waals surface area contributed by atoms with Crippen LogP contribution in [0.5, 0.6) is 0 Å². The van der Waals surface area contributed by atoms with Gasteiger partial charge in [-0.05, 0) is 43.6 Å². The molecule has 2 amide bonds. The van der Waals surface area contributed by atoms with Gasteiger partial charge in [-0.15, -0.1) is 11.3 Å². The molecule has 0 unspecified atom stereocenters. The zero-order valence-electron chi connectivity index (χ0n) is 14.9. The van der Waals surface area contributed by atoms with Crippen LogP contribution in [0.25, 0.3) is 0 Å². The first-order chi connectivity index (χ1) is 12.6. The first-order valence-electron chi connectivity index (χ1n) is 9.16. The van der Waals surface area contributed by atoms with E-state index in [0.29, 0.717) is 23.5 Å². The third-order valence-electron chi connectivity index (χ3n) is 5.02. The van der Waals surface area contributed by atoms with Gasteiger partial charge in [-0.3, -0.25) is 9.59 Å². The zero-order chi connectivity index (χ0) is 18.1. The lowest BCUT2D eigenvalue weighted by molar-refractivity contribution is -0.136. The van der Waals surface area contributed by atoms with Crippen molar-refractivity contribution in [3.63, 3.8) is 0 Å². The molecular weight excluding hydrogens is 346 g/mol. The Hall–Kier alpha value is -2.21. The van der Waals surface area contributed by atoms with Gasteiger partial charge < -0.3 is 10.2 Å². The Morgan fingerprint density at radius 3 is 2.69 bits per heavy atom. The molecule has 0 radical (unpaired) electrons. The summed E-state index contributed by atoms with van der Waals surface area (Å²) >= 11 is 1.45. The summed E-state index contributed by atoms with van der Waals surface area (Å²) in [6.45, 7) is 2.76. The summed E-state index contributed by atoms with van der Waals surface area (Å²) in [5, 5.41) is 3.42. The van der Waals surface area contributed by atoms with Crippen LogP contribution >= 0.6 is 11.3 Å². The Balaban J connectivity index is 1.38. The Morgan fingerprint density at radius 2 is 2.04 bits per heavy atom. The third-order valence-corrected chi connectivity index (χ3v) is 5.85. The van der Waals surface area contributed by atoms with Crippen LogP contribution in [-0.2, 0) is 9.59 Å². The highest BCUT2D eigenvalue weighted by Crippen LogP contribution is 2.48. The molecule has 1 aromatic heterocycles. The first kappa shape index (κ1) is 17.2. The van der Waals surface area contributed by atoms with E-state index in [0.717, 1.165) is 24.1 Å². The smallest absolute Gasteiger partial charge is 0.245 e. The van der Waals surface area contributed by atoms with Crippen LogP contribution in [-0.4, -0.2) is 34.8 Å². The molecule has 0 saturated heterocycles. The second-order valence-electron chi connectivity index (χ2n) is 7.35. The third kappa shape index (κ3) is 4.12. The number of aromatic nitrogens is 1. The average Bonchev–Trinajstić information content (AvgIpc) is 3.54. The van der Waals surface area contributed by atoms with Crippen LogP contribution < -0.4 is 5.32 Å². The van der Waals surface area contributed by atoms with E-state index in [2.05, 4.69) is 22.4 Å². The molecule has 0 aliphatic heterocycles. The van der Waals surface area contributed by atoms with Crippen LogP contribution in [0.2, 0.25) is 0 Å². The average molecular weight is 369 g/mol. The minimum absolute atomic E-state index is 0.0195. The lowest BCUT2D eigenvalue weighted by Crippen LogP contribution is -2.40. The van der Waals surface area contributed by atoms with Crippen molar-refractivity contribution in [2.45, 2.75) is 32.1 Å². The van der Waals surface area contributed by atoms with Gasteiger partial charge in [0.1, 0.15) is 0 Å². The van der Waals surface area contributed by atoms with Crippen molar-refractivity contribution in [2.75, 3.05) is 18.4 Å². The van der Waals surface area contributed by atoms with Crippen molar-refractivity contribution in [2.24, 2.45) is 11.8 Å². The predicted octanol–water partition coefficient (Wildman–Crippen LogP) is 3.43. The van der Waals surface area contributed by atoms with Gasteiger partial charge in [0.2, 0.25) is 11.8 Å². The molecule has 2 fully saturated rings. The first-order valence-corrected chi connectivity index (χ1v) is 9.98. The summed E-state index contributed by atoms with van der Waals surface area (Å²) in [5.41, 5.74) is 1.22. The van der Waals surface area contributed by atoms with E-state index in [1.54, 1.807) is 11.1 Å². The predicted molar refractivity (Wildman–Crippen MR) is 102 cm³/mol. The summed E-state index contributed by atoms with van der Waals surface area (Å²) < 4.78 is 0. The lowest BCUT2D eigenvalue weighted by Gasteiger charge is -2.22. The fraction of sp³-hybridized carbons (Fsp3) is 0.450. The maximum Gasteiger partial charge on any atom is 0.245 e. The fourth-order valence-electron chi connectivity index (χ4n) is 3.36. The molecule has 4 rings (SSSR count). The van der Waals surface area contributed by atoms with Crippen molar-refractivity contribution >= 4 is 28.3 Å². The summed E-state index contributed by atoms with van der Waals surface area (Å²) in [7, 11) is 0. The monoisotopic (exact) mass is 369 g/mol. The summed E-state index contributed by atoms with van der Waals surface area (Å²) in [6, 6.07) is 10.2. The van der Waals surface area contributed by atoms with Crippen molar-refractivity contribution in [1.82, 2.24) is 9.88 Å². The van der Waals surface area contributed by atoms with Gasteiger partial charge in [0, 0.05) is 23.5 Å². The Morgan fingerprint density at radius 1 is 1.27 bits per heavy atom. The minimum atomic E-state index is -0.162. The minimum Gasteiger partial charge on any atom is -0.333 e. The van der Waals surface area contributed by atoms with E-state index < -0.39 is 0 Å². The maximum atomic E-state index is 13.0. The number of nitrogens with one attached hydrogen (secondary N) is 1. The number of carbonyl (C=O) groups excluding carboxylic acids is 2. The molecule has 1 aromatic carbocycles. The number of thiazole rings is 1. The van der Waals surface area contributed by atoms with Crippen molar-refractivity contribution in [3.8, 4) is 0 Å². The molecule has 2 saturated carbocycles. The highest BCUT2D eigenvalue weighted by atomic mass is 32.1. The van der Waals surface area contributed by atoms with E-state index in [9.17, 15) is 9.59 Å². The summed E-state index contributed by atoms with van der Waals surface area (Å²) in [6.07, 6.45) is 4.94. The van der Waals surface area contributed by atoms with Crippen LogP contribution in [0.3, 0.4) is 0 Å². The van der Waals surface area contributed by atoms with Gasteiger partial charge in [-0.1, -0.05) is 30.3 Å². The highest BCUT2D eigenvalue weighted by molar-refractivity contribution is 7.15. The van der Waals surface area contributed by atoms with E-state index in [4.69, 9.17) is 0 Å². The Bertz CT molecular complexity index is 800. The molecule has 2 aromatic rings. The number of aryl methyl sites for hydroxylation is 1. The summed E-state index contributed by atoms with van der Waals surface area (Å²) in [5.74, 6) is 0.838. The quantitative estimate of drug-likeness (QED) is 0.813. The van der Waals surface area contributed by atoms with Crippen LogP contribution in [0.15, 0.2) is 36.5 Å². The van der Waals surface area contributed by atoms with Crippen molar-refractivity contribution < 1.29 is 9.59 Å². The molecule has 26 heavy (non-hydrogen) atoms. The second kappa shape index (κ2) is 7.19. The topological polar surface area (TPSA) is 62.3 Å². The fourth-order valence-corrected chi connectivity index (χ4v) is 4.04. The van der Waals surface area contributed by atoms with Crippen LogP contribution in [0, 0.1) is 18.8 Å². The van der Waals surface area contributed by atoms with Gasteiger partial charge in [-0.2, -0.15) is 0 Å². The second-order valence-corrected chi connectivity index (χ2v) is 8.58. The number of hydrogen-bond acceptors (Lipinski definition) is 4. The Labute approximate surface area is 157 Å². The van der Waals surface area contributed by atoms with Gasteiger partial charge in [-0.25, -0.2) is 4.98 Å². The van der Waals surface area contributed by atoms with Crippen molar-refractivity contribution in [3.05, 3.63) is 47.0 Å². The molecule has 6 heteroatoms. The van der Waals surface area contributed by atoms with E-state index in [1.807, 2.05) is 25.1 Å². The molecule has 1 N–H and O–H groups in total. The SMILES string of the molecule is Cc1cnc(NC(=O)CN(CC2CC2)C(=O)[C@@H]2C[C@H]2c2ccccc2)s1. The van der Waals surface area contributed by atoms with Gasteiger partial charge in [0.05, 0.1) is 6.54 Å². The van der Waals surface area contributed by atoms with Gasteiger partial charge >= 0.3 is 0 Å². The number of hydrogen-bond donors (Lipinski definition) is 1. The molecule has 0 spiro atoms. The van der Waals surface area contributed by atoms with Crippen LogP contribution in [0.4, 0.5) is 5.13 Å². The van der Waals surface area contributed by atoms with Crippen LogP contribution in [0.1, 0.15) is 35.6 Å². The maximum absolute atomic E-state index is 13.0. The number of anilines is 1. The number of amides is 2. The molecular formula is C20H23N3O2S. The zero-order valence-corrected chi connectivity index (χ0v) is 15.7. The van der Waals surface area contributed by atoms with E-state index >= 15 is 0 Å². The number of benzene rings is 1. The number of nitrogens with zero attached hydrogens (tertiary/aromatic N) is 2. The largest absolute Gasteiger partial charge is 0.333 e. The molecule has 2 aliphatic rings. The highest BCUT2D eigenvalue weighted by Gasteiger charge is 2.46. The lowest BCUT2D eigenvalue weighted by atomic mass is 10.1. The number of carbonyl (C=O) groups is 2. The summed E-state index contributed by atoms with van der Waals surface area (Å²) in [4.78, 5) is 32.4. The van der Waals surface area contributed by atoms with Gasteiger partial charge in [0.15, 0.2) is 5.13 Å². The molecule has 2 atom stereocenters. The molecule has 2 aliphatic carbocycles. The Kier molecular flexibility index (Phi) is 4.76. The van der Waals surface area contributed by atoms with Gasteiger partial charge in [0.25, 0.3) is 0 Å². The van der Waals surface area contributed by atoms with Crippen molar-refractivity contribution in [1.29, 1.82) is 0 Å². The van der Waals surface area contributed by atoms with E-state index in [-0.39, 0.29) is 24.3 Å². The molecule has 1 heterocycles. The molecule has 136 valence electrons. The molecule has 5 nitrogen and oxygen atoms in total. The standard InChI is InChI=1S/C20H23N3O2S/c1-13-10-21-20(26-13)22-18(24)12-23(11-14-7-8-14)19(25)17-9-16(17)15-5-3-2-4-6-15/h2-6,10,14,16-17H,7-9,11-12H2,1H3,(H,21,22,24)/t16-,17+/m0/s1.